The fraction of sp³-hybridized carbons (Fsp3) is 0.143. The van der Waals surface area contributed by atoms with Crippen molar-refractivity contribution in [3.63, 3.8) is 0 Å². The lowest BCUT2D eigenvalue weighted by atomic mass is 10.0. The van der Waals surface area contributed by atoms with E-state index in [-0.39, 0.29) is 12.5 Å². The molecule has 4 aromatic rings. The van der Waals surface area contributed by atoms with Crippen LogP contribution in [0.1, 0.15) is 5.56 Å². The van der Waals surface area contributed by atoms with E-state index in [2.05, 4.69) is 115 Å². The van der Waals surface area contributed by atoms with Crippen LogP contribution >= 0.6 is 7.26 Å². The molecule has 0 amide bonds. The number of hydrogen-bond acceptors (Lipinski definition) is 1. The van der Waals surface area contributed by atoms with Crippen molar-refractivity contribution in [3.8, 4) is 0 Å². The summed E-state index contributed by atoms with van der Waals surface area (Å²) in [6.45, 7) is 0.184. The Morgan fingerprint density at radius 3 is 1.27 bits per heavy atom. The minimum Gasteiger partial charge on any atom is -0.396 e. The predicted octanol–water partition coefficient (Wildman–Crippen LogP) is 4.83. The average Bonchev–Trinajstić information content (AvgIpc) is 2.84. The molecule has 1 N–H and O–H groups in total. The van der Waals surface area contributed by atoms with Gasteiger partial charge in [-0.05, 0) is 48.4 Å². The van der Waals surface area contributed by atoms with Gasteiger partial charge in [-0.2, -0.15) is 0 Å². The lowest BCUT2D eigenvalue weighted by molar-refractivity contribution is 0.239. The van der Waals surface area contributed by atoms with E-state index >= 15 is 0 Å². The second-order valence-electron chi connectivity index (χ2n) is 7.74. The van der Waals surface area contributed by atoms with E-state index in [0.717, 1.165) is 12.6 Å². The zero-order valence-electron chi connectivity index (χ0n) is 17.1. The van der Waals surface area contributed by atoms with Crippen LogP contribution in [-0.2, 0) is 6.42 Å². The molecule has 0 saturated carbocycles. The topological polar surface area (TPSA) is 20.2 Å². The van der Waals surface area contributed by atoms with E-state index in [0.29, 0.717) is 0 Å². The first kappa shape index (κ1) is 20.5. The van der Waals surface area contributed by atoms with Gasteiger partial charge < -0.3 is 5.11 Å². The highest BCUT2D eigenvalue weighted by Gasteiger charge is 2.46. The number of aliphatic hydroxyl groups excluding tert-OH is 1. The lowest BCUT2D eigenvalue weighted by Gasteiger charge is -2.30. The zero-order chi connectivity index (χ0) is 20.7. The molecule has 0 aliphatic heterocycles. The maximum atomic E-state index is 10.4. The Morgan fingerprint density at radius 2 is 0.900 bits per heavy atom. The van der Waals surface area contributed by atoms with Gasteiger partial charge in [0.15, 0.2) is 0 Å². The minimum atomic E-state index is -1.92. The van der Waals surface area contributed by atoms with Crippen molar-refractivity contribution in [2.75, 3.05) is 12.8 Å². The molecule has 1 unspecified atom stereocenters. The summed E-state index contributed by atoms with van der Waals surface area (Å²) in [5, 5.41) is 14.5. The standard InChI is InChI=1S/C28H28OP/c29-22-25(21-24-13-5-1-6-14-24)23-30(26-15-7-2-8-16-26,27-17-9-3-10-18-27)28-19-11-4-12-20-28/h1-20,25,29H,21-23H2/q+1. The van der Waals surface area contributed by atoms with Crippen molar-refractivity contribution in [2.24, 2.45) is 5.92 Å². The highest BCUT2D eigenvalue weighted by atomic mass is 31.2. The van der Waals surface area contributed by atoms with Gasteiger partial charge >= 0.3 is 0 Å². The van der Waals surface area contributed by atoms with E-state index < -0.39 is 7.26 Å². The quantitative estimate of drug-likeness (QED) is 0.412. The molecule has 4 rings (SSSR count). The van der Waals surface area contributed by atoms with Crippen molar-refractivity contribution < 1.29 is 5.11 Å². The molecule has 0 saturated heterocycles. The Labute approximate surface area is 180 Å². The molecule has 4 aromatic carbocycles. The lowest BCUT2D eigenvalue weighted by Crippen LogP contribution is -2.36. The van der Waals surface area contributed by atoms with Gasteiger partial charge in [-0.15, -0.1) is 0 Å². The van der Waals surface area contributed by atoms with Crippen LogP contribution in [-0.4, -0.2) is 17.9 Å². The molecule has 0 radical (unpaired) electrons. The number of benzene rings is 4. The smallest absolute Gasteiger partial charge is 0.112 e. The van der Waals surface area contributed by atoms with E-state index in [1.807, 2.05) is 6.07 Å². The molecule has 0 aromatic heterocycles. The number of hydrogen-bond donors (Lipinski definition) is 1. The molecule has 2 heteroatoms. The first-order valence-electron chi connectivity index (χ1n) is 10.5. The maximum Gasteiger partial charge on any atom is 0.112 e. The summed E-state index contributed by atoms with van der Waals surface area (Å²) in [5.41, 5.74) is 1.28. The van der Waals surface area contributed by atoms with Gasteiger partial charge in [0.1, 0.15) is 23.2 Å². The molecule has 150 valence electrons. The molecule has 1 atom stereocenters. The Hall–Kier alpha value is -2.73. The Morgan fingerprint density at radius 1 is 0.533 bits per heavy atom. The Bertz CT molecular complexity index is 921. The third-order valence-corrected chi connectivity index (χ3v) is 10.4. The number of rotatable bonds is 8. The molecular weight excluding hydrogens is 383 g/mol. The summed E-state index contributed by atoms with van der Waals surface area (Å²) >= 11 is 0. The SMILES string of the molecule is OCC(Cc1ccccc1)C[P+](c1ccccc1)(c1ccccc1)c1ccccc1. The third-order valence-electron chi connectivity index (χ3n) is 5.75. The van der Waals surface area contributed by atoms with E-state index in [1.165, 1.54) is 21.5 Å². The van der Waals surface area contributed by atoms with Gasteiger partial charge in [0, 0.05) is 12.5 Å². The zero-order valence-corrected chi connectivity index (χ0v) is 18.0. The summed E-state index contributed by atoms with van der Waals surface area (Å²) in [6.07, 6.45) is 1.82. The first-order valence-corrected chi connectivity index (χ1v) is 12.5. The Kier molecular flexibility index (Phi) is 6.74. The molecule has 0 spiro atoms. The van der Waals surface area contributed by atoms with Crippen LogP contribution in [0.5, 0.6) is 0 Å². The maximum absolute atomic E-state index is 10.4. The van der Waals surface area contributed by atoms with Crippen LogP contribution in [0.2, 0.25) is 0 Å². The summed E-state index contributed by atoms with van der Waals surface area (Å²) in [7, 11) is -1.92. The van der Waals surface area contributed by atoms with Crippen LogP contribution in [0, 0.1) is 5.92 Å². The summed E-state index contributed by atoms with van der Waals surface area (Å²) in [5.74, 6) is 0.182. The van der Waals surface area contributed by atoms with Crippen LogP contribution < -0.4 is 15.9 Å². The van der Waals surface area contributed by atoms with Crippen molar-refractivity contribution in [2.45, 2.75) is 6.42 Å². The van der Waals surface area contributed by atoms with E-state index in [1.54, 1.807) is 0 Å². The average molecular weight is 412 g/mol. The predicted molar refractivity (Wildman–Crippen MR) is 131 cm³/mol. The minimum absolute atomic E-state index is 0.182. The van der Waals surface area contributed by atoms with E-state index in [9.17, 15) is 5.11 Å². The summed E-state index contributed by atoms with van der Waals surface area (Å²) in [6, 6.07) is 43.2. The molecule has 1 nitrogen and oxygen atoms in total. The second-order valence-corrected chi connectivity index (χ2v) is 11.3. The molecule has 0 heterocycles. The normalized spacial score (nSPS) is 12.4. The fourth-order valence-electron chi connectivity index (χ4n) is 4.33. The first-order chi connectivity index (χ1) is 14.8. The number of aliphatic hydroxyl groups is 1. The Balaban J connectivity index is 1.86. The second kappa shape index (κ2) is 9.85. The summed E-state index contributed by atoms with van der Waals surface area (Å²) in [4.78, 5) is 0. The molecular formula is C28H28OP+. The highest BCUT2D eigenvalue weighted by Crippen LogP contribution is 2.56. The summed E-state index contributed by atoms with van der Waals surface area (Å²) < 4.78 is 0. The van der Waals surface area contributed by atoms with Gasteiger partial charge in [-0.25, -0.2) is 0 Å². The molecule has 0 aliphatic carbocycles. The van der Waals surface area contributed by atoms with Gasteiger partial charge in [0.2, 0.25) is 0 Å². The van der Waals surface area contributed by atoms with Gasteiger partial charge in [-0.1, -0.05) is 84.9 Å². The molecule has 30 heavy (non-hydrogen) atoms. The van der Waals surface area contributed by atoms with Crippen LogP contribution in [0.15, 0.2) is 121 Å². The molecule has 0 fully saturated rings. The van der Waals surface area contributed by atoms with Crippen molar-refractivity contribution >= 4 is 23.2 Å². The van der Waals surface area contributed by atoms with Crippen LogP contribution in [0.25, 0.3) is 0 Å². The van der Waals surface area contributed by atoms with Gasteiger partial charge in [0.05, 0.1) is 6.16 Å². The molecule has 0 aliphatic rings. The van der Waals surface area contributed by atoms with Gasteiger partial charge in [0.25, 0.3) is 0 Å². The fourth-order valence-corrected chi connectivity index (χ4v) is 8.92. The van der Waals surface area contributed by atoms with Crippen LogP contribution in [0.4, 0.5) is 0 Å². The highest BCUT2D eigenvalue weighted by molar-refractivity contribution is 7.95. The van der Waals surface area contributed by atoms with Gasteiger partial charge in [-0.3, -0.25) is 0 Å². The largest absolute Gasteiger partial charge is 0.396 e. The third kappa shape index (κ3) is 4.38. The van der Waals surface area contributed by atoms with Crippen molar-refractivity contribution in [1.82, 2.24) is 0 Å². The van der Waals surface area contributed by atoms with Crippen molar-refractivity contribution in [3.05, 3.63) is 127 Å². The molecule has 0 bridgehead atoms. The van der Waals surface area contributed by atoms with Crippen molar-refractivity contribution in [1.29, 1.82) is 0 Å². The monoisotopic (exact) mass is 411 g/mol. The van der Waals surface area contributed by atoms with E-state index in [4.69, 9.17) is 0 Å². The van der Waals surface area contributed by atoms with Crippen LogP contribution in [0.3, 0.4) is 0 Å².